The van der Waals surface area contributed by atoms with Crippen molar-refractivity contribution in [2.75, 3.05) is 11.9 Å². The van der Waals surface area contributed by atoms with Gasteiger partial charge in [-0.3, -0.25) is 0 Å². The van der Waals surface area contributed by atoms with Crippen molar-refractivity contribution in [3.63, 3.8) is 0 Å². The van der Waals surface area contributed by atoms with Crippen molar-refractivity contribution in [2.45, 2.75) is 30.7 Å². The number of para-hydroxylation sites is 1. The second kappa shape index (κ2) is 8.94. The van der Waals surface area contributed by atoms with Gasteiger partial charge in [0.2, 0.25) is 9.84 Å². The first kappa shape index (κ1) is 20.8. The molecule has 2 aromatic rings. The van der Waals surface area contributed by atoms with Crippen LogP contribution >= 0.6 is 0 Å². The van der Waals surface area contributed by atoms with Gasteiger partial charge < -0.3 is 14.8 Å². The summed E-state index contributed by atoms with van der Waals surface area (Å²) in [6.07, 6.45) is 0. The summed E-state index contributed by atoms with van der Waals surface area (Å²) in [6.45, 7) is -1.08. The van der Waals surface area contributed by atoms with Crippen LogP contribution in [0.2, 0.25) is 0 Å². The van der Waals surface area contributed by atoms with Gasteiger partial charge in [-0.25, -0.2) is 8.42 Å². The second-order valence-electron chi connectivity index (χ2n) is 5.25. The smallest absolute Gasteiger partial charge is 0.387 e. The molecular formula is C17H17F4NO4S. The predicted molar refractivity (Wildman–Crippen MR) is 91.2 cm³/mol. The van der Waals surface area contributed by atoms with Crippen LogP contribution in [0, 0.1) is 0 Å². The molecule has 2 rings (SSSR count). The molecule has 0 aliphatic heterocycles. The molecule has 0 aromatic heterocycles. The molecule has 0 aliphatic rings. The number of nitrogens with one attached hydrogen (secondary N) is 1. The Morgan fingerprint density at radius 3 is 2.37 bits per heavy atom. The minimum atomic E-state index is -4.77. The van der Waals surface area contributed by atoms with Gasteiger partial charge in [0.15, 0.2) is 11.5 Å². The summed E-state index contributed by atoms with van der Waals surface area (Å²) in [5.41, 5.74) is 0.549. The molecule has 1 N–H and O–H groups in total. The highest BCUT2D eigenvalue weighted by molar-refractivity contribution is 7.91. The summed E-state index contributed by atoms with van der Waals surface area (Å²) in [5.74, 6) is -3.60. The molecule has 5 nitrogen and oxygen atoms in total. The molecule has 0 spiro atoms. The second-order valence-corrected chi connectivity index (χ2v) is 7.13. The Kier molecular flexibility index (Phi) is 6.89. The number of alkyl halides is 4. The van der Waals surface area contributed by atoms with Gasteiger partial charge in [0.05, 0.1) is 17.2 Å². The quantitative estimate of drug-likeness (QED) is 0.628. The number of hydrogen-bond donors (Lipinski definition) is 1. The van der Waals surface area contributed by atoms with E-state index in [1.54, 1.807) is 6.92 Å². The van der Waals surface area contributed by atoms with Gasteiger partial charge >= 0.3 is 12.4 Å². The number of benzene rings is 2. The molecule has 0 saturated heterocycles. The van der Waals surface area contributed by atoms with Gasteiger partial charge in [-0.2, -0.15) is 17.6 Å². The number of hydrogen-bond acceptors (Lipinski definition) is 5. The van der Waals surface area contributed by atoms with Crippen molar-refractivity contribution < 1.29 is 35.5 Å². The van der Waals surface area contributed by atoms with E-state index in [4.69, 9.17) is 4.74 Å². The number of halogens is 4. The van der Waals surface area contributed by atoms with E-state index in [-0.39, 0.29) is 30.3 Å². The summed E-state index contributed by atoms with van der Waals surface area (Å²) >= 11 is 0. The van der Waals surface area contributed by atoms with E-state index in [2.05, 4.69) is 10.1 Å². The maximum Gasteiger partial charge on any atom is 0.387 e. The van der Waals surface area contributed by atoms with Crippen LogP contribution in [0.3, 0.4) is 0 Å². The first-order valence-electron chi connectivity index (χ1n) is 7.81. The highest BCUT2D eigenvalue weighted by atomic mass is 32.2. The highest BCUT2D eigenvalue weighted by Gasteiger charge is 2.28. The third kappa shape index (κ3) is 5.25. The van der Waals surface area contributed by atoms with Crippen molar-refractivity contribution in [1.82, 2.24) is 0 Å². The Morgan fingerprint density at radius 1 is 1.04 bits per heavy atom. The van der Waals surface area contributed by atoms with Crippen LogP contribution in [0.5, 0.6) is 11.5 Å². The Hall–Kier alpha value is -2.49. The number of rotatable bonds is 9. The van der Waals surface area contributed by atoms with Crippen molar-refractivity contribution in [3.05, 3.63) is 48.0 Å². The van der Waals surface area contributed by atoms with E-state index in [0.717, 1.165) is 6.07 Å². The molecule has 0 heterocycles. The van der Waals surface area contributed by atoms with Crippen molar-refractivity contribution in [2.24, 2.45) is 0 Å². The van der Waals surface area contributed by atoms with E-state index in [1.165, 1.54) is 36.4 Å². The Bertz CT molecular complexity index is 875. The molecule has 0 radical (unpaired) electrons. The molecule has 0 fully saturated rings. The van der Waals surface area contributed by atoms with Crippen LogP contribution < -0.4 is 14.8 Å². The molecule has 0 bridgehead atoms. The fourth-order valence-electron chi connectivity index (χ4n) is 2.28. The van der Waals surface area contributed by atoms with E-state index < -0.39 is 27.1 Å². The lowest BCUT2D eigenvalue weighted by atomic mass is 10.2. The normalized spacial score (nSPS) is 11.7. The van der Waals surface area contributed by atoms with Gasteiger partial charge in [0.1, 0.15) is 0 Å². The van der Waals surface area contributed by atoms with E-state index in [0.29, 0.717) is 5.56 Å². The number of sulfone groups is 1. The molecule has 0 saturated carbocycles. The van der Waals surface area contributed by atoms with E-state index in [9.17, 15) is 26.0 Å². The molecule has 0 unspecified atom stereocenters. The van der Waals surface area contributed by atoms with E-state index in [1.807, 2.05) is 0 Å². The lowest BCUT2D eigenvalue weighted by Crippen LogP contribution is -2.14. The number of ether oxygens (including phenoxy) is 2. The van der Waals surface area contributed by atoms with Crippen LogP contribution in [0.25, 0.3) is 0 Å². The largest absolute Gasteiger partial charge is 0.490 e. The van der Waals surface area contributed by atoms with Crippen LogP contribution in [0.1, 0.15) is 12.5 Å². The third-order valence-electron chi connectivity index (χ3n) is 3.44. The lowest BCUT2D eigenvalue weighted by molar-refractivity contribution is -0.0514. The summed E-state index contributed by atoms with van der Waals surface area (Å²) in [6, 6.07) is 9.47. The summed E-state index contributed by atoms with van der Waals surface area (Å²) < 4.78 is 83.6. The molecule has 2 aromatic carbocycles. The molecule has 10 heteroatoms. The maximum atomic E-state index is 12.8. The SMILES string of the molecule is CCOc1cc(CNc2ccccc2S(=O)(=O)C(F)F)ccc1OC(F)F. The number of anilines is 1. The fraction of sp³-hybridized carbons (Fsp3) is 0.294. The maximum absolute atomic E-state index is 12.8. The third-order valence-corrected chi connectivity index (χ3v) is 4.87. The monoisotopic (exact) mass is 407 g/mol. The summed E-state index contributed by atoms with van der Waals surface area (Å²) in [7, 11) is -4.77. The Morgan fingerprint density at radius 2 is 1.74 bits per heavy atom. The standard InChI is InChI=1S/C17H17F4NO4S/c1-2-25-14-9-11(7-8-13(14)26-16(18)19)10-22-12-5-3-4-6-15(12)27(23,24)17(20)21/h3-9,16-17,22H,2,10H2,1H3. The van der Waals surface area contributed by atoms with E-state index >= 15 is 0 Å². The molecular weight excluding hydrogens is 390 g/mol. The first-order valence-corrected chi connectivity index (χ1v) is 9.35. The van der Waals surface area contributed by atoms with Crippen molar-refractivity contribution in [1.29, 1.82) is 0 Å². The minimum Gasteiger partial charge on any atom is -0.490 e. The van der Waals surface area contributed by atoms with Crippen LogP contribution in [0.4, 0.5) is 23.2 Å². The average Bonchev–Trinajstić information content (AvgIpc) is 2.61. The van der Waals surface area contributed by atoms with Crippen molar-refractivity contribution in [3.8, 4) is 11.5 Å². The fourth-order valence-corrected chi connectivity index (χ4v) is 3.19. The average molecular weight is 407 g/mol. The zero-order valence-electron chi connectivity index (χ0n) is 14.2. The van der Waals surface area contributed by atoms with Crippen LogP contribution in [0.15, 0.2) is 47.4 Å². The topological polar surface area (TPSA) is 64.6 Å². The van der Waals surface area contributed by atoms with Crippen LogP contribution in [-0.4, -0.2) is 27.4 Å². The van der Waals surface area contributed by atoms with Crippen molar-refractivity contribution >= 4 is 15.5 Å². The molecule has 148 valence electrons. The van der Waals surface area contributed by atoms with Gasteiger partial charge in [-0.15, -0.1) is 0 Å². The summed E-state index contributed by atoms with van der Waals surface area (Å²) in [4.78, 5) is -0.525. The highest BCUT2D eigenvalue weighted by Crippen LogP contribution is 2.31. The van der Waals surface area contributed by atoms with Gasteiger partial charge in [-0.05, 0) is 36.8 Å². The molecule has 0 amide bonds. The minimum absolute atomic E-state index is 0.00340. The first-order chi connectivity index (χ1) is 12.8. The molecule has 0 aliphatic carbocycles. The van der Waals surface area contributed by atoms with Gasteiger partial charge in [0.25, 0.3) is 0 Å². The zero-order chi connectivity index (χ0) is 20.0. The Balaban J connectivity index is 2.24. The Labute approximate surface area is 153 Å². The molecule has 0 atom stereocenters. The van der Waals surface area contributed by atoms with Crippen LogP contribution in [-0.2, 0) is 16.4 Å². The van der Waals surface area contributed by atoms with Gasteiger partial charge in [-0.1, -0.05) is 18.2 Å². The van der Waals surface area contributed by atoms with Gasteiger partial charge in [0, 0.05) is 6.54 Å². The summed E-state index contributed by atoms with van der Waals surface area (Å²) in [5, 5.41) is 2.76. The zero-order valence-corrected chi connectivity index (χ0v) is 15.0. The molecule has 27 heavy (non-hydrogen) atoms. The predicted octanol–water partition coefficient (Wildman–Crippen LogP) is 4.30. The lowest BCUT2D eigenvalue weighted by Gasteiger charge is -2.15.